The minimum absolute atomic E-state index is 0.145. The molecule has 0 bridgehead atoms. The first-order valence-corrected chi connectivity index (χ1v) is 9.63. The number of nitrogens with zero attached hydrogens (tertiary/aromatic N) is 2. The first-order chi connectivity index (χ1) is 11.7. The molecule has 1 aliphatic rings. The van der Waals surface area contributed by atoms with E-state index in [0.717, 1.165) is 30.9 Å². The van der Waals surface area contributed by atoms with Gasteiger partial charge in [-0.3, -0.25) is 4.79 Å². The van der Waals surface area contributed by atoms with Crippen molar-refractivity contribution in [1.29, 1.82) is 0 Å². The number of rotatable bonds is 6. The third-order valence-electron chi connectivity index (χ3n) is 5.87. The summed E-state index contributed by atoms with van der Waals surface area (Å²) in [5, 5.41) is 3.47. The Hall–Kier alpha value is -1.65. The molecule has 1 aliphatic carbocycles. The van der Waals surface area contributed by atoms with E-state index >= 15 is 0 Å². The van der Waals surface area contributed by atoms with Gasteiger partial charge in [-0.1, -0.05) is 41.0 Å². The molecule has 1 amide bonds. The molecule has 1 fully saturated rings. The Morgan fingerprint density at radius 3 is 2.48 bits per heavy atom. The van der Waals surface area contributed by atoms with E-state index in [1.165, 1.54) is 19.3 Å². The number of carbonyl (C=O) groups is 1. The minimum atomic E-state index is -0.453. The largest absolute Gasteiger partial charge is 0.365 e. The van der Waals surface area contributed by atoms with Crippen LogP contribution in [0.4, 0.5) is 5.95 Å². The van der Waals surface area contributed by atoms with Crippen molar-refractivity contribution < 1.29 is 4.79 Å². The SMILES string of the molecule is CCC1CCC(Nc2ncc(C(N)=O)c(C[C@@H](C)C(C)(C)C)n2)CC1. The average molecular weight is 347 g/mol. The second-order valence-corrected chi connectivity index (χ2v) is 8.66. The standard InChI is InChI=1S/C20H34N4O/c1-6-14-7-9-15(10-8-14)23-19-22-12-16(18(21)25)17(24-19)11-13(2)20(3,4)5/h12-15H,6-11H2,1-5H3,(H2,21,25)(H,22,23,24)/t13-,14?,15?/m1/s1. The Balaban J connectivity index is 2.12. The van der Waals surface area contributed by atoms with Gasteiger partial charge in [-0.15, -0.1) is 0 Å². The fraction of sp³-hybridized carbons (Fsp3) is 0.750. The molecule has 25 heavy (non-hydrogen) atoms. The lowest BCUT2D eigenvalue weighted by atomic mass is 9.79. The quantitative estimate of drug-likeness (QED) is 0.809. The fourth-order valence-corrected chi connectivity index (χ4v) is 3.34. The van der Waals surface area contributed by atoms with Crippen LogP contribution < -0.4 is 11.1 Å². The maximum Gasteiger partial charge on any atom is 0.252 e. The lowest BCUT2D eigenvalue weighted by molar-refractivity contribution is 0.0997. The number of amides is 1. The van der Waals surface area contributed by atoms with Crippen molar-refractivity contribution in [3.05, 3.63) is 17.5 Å². The van der Waals surface area contributed by atoms with Crippen LogP contribution in [0.2, 0.25) is 0 Å². The van der Waals surface area contributed by atoms with Crippen LogP contribution in [0.15, 0.2) is 6.20 Å². The molecule has 3 N–H and O–H groups in total. The normalized spacial score (nSPS) is 22.4. The molecule has 0 aromatic carbocycles. The summed E-state index contributed by atoms with van der Waals surface area (Å²) < 4.78 is 0. The van der Waals surface area contributed by atoms with Crippen molar-refractivity contribution in [2.45, 2.75) is 79.2 Å². The number of nitrogens with two attached hydrogens (primary N) is 1. The maximum atomic E-state index is 11.7. The highest BCUT2D eigenvalue weighted by Gasteiger charge is 2.24. The number of hydrogen-bond acceptors (Lipinski definition) is 4. The number of anilines is 1. The summed E-state index contributed by atoms with van der Waals surface area (Å²) in [5.41, 5.74) is 6.87. The third-order valence-corrected chi connectivity index (χ3v) is 5.87. The molecule has 1 heterocycles. The van der Waals surface area contributed by atoms with Crippen LogP contribution >= 0.6 is 0 Å². The van der Waals surface area contributed by atoms with Gasteiger partial charge in [0.15, 0.2) is 0 Å². The van der Waals surface area contributed by atoms with Gasteiger partial charge in [0.25, 0.3) is 5.91 Å². The van der Waals surface area contributed by atoms with Crippen LogP contribution in [-0.2, 0) is 6.42 Å². The molecule has 1 atom stereocenters. The number of nitrogens with one attached hydrogen (secondary N) is 1. The monoisotopic (exact) mass is 346 g/mol. The summed E-state index contributed by atoms with van der Waals surface area (Å²) in [6.07, 6.45) is 8.43. The van der Waals surface area contributed by atoms with Crippen LogP contribution in [0.3, 0.4) is 0 Å². The minimum Gasteiger partial charge on any atom is -0.365 e. The zero-order valence-electron chi connectivity index (χ0n) is 16.4. The third kappa shape index (κ3) is 5.41. The molecule has 140 valence electrons. The lowest BCUT2D eigenvalue weighted by Gasteiger charge is -2.29. The molecule has 1 saturated carbocycles. The first kappa shape index (κ1) is 19.7. The maximum absolute atomic E-state index is 11.7. The highest BCUT2D eigenvalue weighted by Crippen LogP contribution is 2.30. The summed E-state index contributed by atoms with van der Waals surface area (Å²) in [7, 11) is 0. The van der Waals surface area contributed by atoms with Gasteiger partial charge in [0.1, 0.15) is 0 Å². The van der Waals surface area contributed by atoms with E-state index in [-0.39, 0.29) is 5.41 Å². The van der Waals surface area contributed by atoms with Gasteiger partial charge in [0.2, 0.25) is 5.95 Å². The zero-order valence-corrected chi connectivity index (χ0v) is 16.4. The molecule has 2 rings (SSSR count). The second kappa shape index (κ2) is 8.15. The van der Waals surface area contributed by atoms with E-state index in [1.54, 1.807) is 6.20 Å². The summed E-state index contributed by atoms with van der Waals surface area (Å²) >= 11 is 0. The molecule has 0 unspecified atom stereocenters. The summed E-state index contributed by atoms with van der Waals surface area (Å²) in [4.78, 5) is 20.7. The van der Waals surface area contributed by atoms with E-state index in [0.29, 0.717) is 23.5 Å². The lowest BCUT2D eigenvalue weighted by Crippen LogP contribution is -2.28. The second-order valence-electron chi connectivity index (χ2n) is 8.66. The van der Waals surface area contributed by atoms with Gasteiger partial charge < -0.3 is 11.1 Å². The van der Waals surface area contributed by atoms with E-state index in [4.69, 9.17) is 5.73 Å². The van der Waals surface area contributed by atoms with Crippen LogP contribution in [0.1, 0.15) is 82.8 Å². The highest BCUT2D eigenvalue weighted by molar-refractivity contribution is 5.93. The van der Waals surface area contributed by atoms with Crippen LogP contribution in [-0.4, -0.2) is 21.9 Å². The van der Waals surface area contributed by atoms with Crippen molar-refractivity contribution in [2.75, 3.05) is 5.32 Å². The molecular formula is C20H34N4O. The first-order valence-electron chi connectivity index (χ1n) is 9.63. The molecule has 0 saturated heterocycles. The van der Waals surface area contributed by atoms with Crippen molar-refractivity contribution in [3.8, 4) is 0 Å². The van der Waals surface area contributed by atoms with Gasteiger partial charge in [0, 0.05) is 12.2 Å². The molecule has 5 heteroatoms. The average Bonchev–Trinajstić information content (AvgIpc) is 2.54. The van der Waals surface area contributed by atoms with Gasteiger partial charge in [0.05, 0.1) is 11.3 Å². The summed E-state index contributed by atoms with van der Waals surface area (Å²) in [5.74, 6) is 1.42. The Morgan fingerprint density at radius 1 is 1.32 bits per heavy atom. The van der Waals surface area contributed by atoms with Gasteiger partial charge in [-0.25, -0.2) is 9.97 Å². The molecule has 0 radical (unpaired) electrons. The molecule has 0 spiro atoms. The number of aromatic nitrogens is 2. The van der Waals surface area contributed by atoms with Gasteiger partial charge >= 0.3 is 0 Å². The van der Waals surface area contributed by atoms with Crippen molar-refractivity contribution in [1.82, 2.24) is 9.97 Å². The van der Waals surface area contributed by atoms with E-state index in [9.17, 15) is 4.79 Å². The van der Waals surface area contributed by atoms with Crippen molar-refractivity contribution in [3.63, 3.8) is 0 Å². The van der Waals surface area contributed by atoms with Crippen molar-refractivity contribution >= 4 is 11.9 Å². The van der Waals surface area contributed by atoms with E-state index < -0.39 is 5.91 Å². The molecule has 5 nitrogen and oxygen atoms in total. The van der Waals surface area contributed by atoms with Crippen LogP contribution in [0.25, 0.3) is 0 Å². The Kier molecular flexibility index (Phi) is 6.42. The highest BCUT2D eigenvalue weighted by atomic mass is 16.1. The summed E-state index contributed by atoms with van der Waals surface area (Å²) in [6.45, 7) is 11.1. The van der Waals surface area contributed by atoms with Gasteiger partial charge in [-0.05, 0) is 49.4 Å². The zero-order chi connectivity index (χ0) is 18.6. The summed E-state index contributed by atoms with van der Waals surface area (Å²) in [6, 6.07) is 0.426. The van der Waals surface area contributed by atoms with Crippen molar-refractivity contribution in [2.24, 2.45) is 23.0 Å². The Morgan fingerprint density at radius 2 is 1.96 bits per heavy atom. The molecule has 1 aromatic heterocycles. The molecular weight excluding hydrogens is 312 g/mol. The number of primary amides is 1. The smallest absolute Gasteiger partial charge is 0.252 e. The number of hydrogen-bond donors (Lipinski definition) is 2. The van der Waals surface area contributed by atoms with E-state index in [1.807, 2.05) is 0 Å². The Bertz CT molecular complexity index is 586. The van der Waals surface area contributed by atoms with Crippen LogP contribution in [0, 0.1) is 17.3 Å². The Labute approximate surface area is 152 Å². The van der Waals surface area contributed by atoms with E-state index in [2.05, 4.69) is 49.9 Å². The topological polar surface area (TPSA) is 80.9 Å². The fourth-order valence-electron chi connectivity index (χ4n) is 3.34. The molecule has 1 aromatic rings. The number of carbonyl (C=O) groups excluding carboxylic acids is 1. The molecule has 0 aliphatic heterocycles. The predicted octanol–water partition coefficient (Wildman–Crippen LogP) is 4.18. The van der Waals surface area contributed by atoms with Gasteiger partial charge in [-0.2, -0.15) is 0 Å². The van der Waals surface area contributed by atoms with Crippen LogP contribution in [0.5, 0.6) is 0 Å². The predicted molar refractivity (Wildman–Crippen MR) is 103 cm³/mol.